The van der Waals surface area contributed by atoms with E-state index in [-0.39, 0.29) is 6.04 Å². The van der Waals surface area contributed by atoms with Gasteiger partial charge in [0.15, 0.2) is 5.75 Å². The van der Waals surface area contributed by atoms with Crippen LogP contribution in [-0.2, 0) is 11.8 Å². The van der Waals surface area contributed by atoms with Gasteiger partial charge in [-0.3, -0.25) is 4.68 Å². The van der Waals surface area contributed by atoms with Crippen molar-refractivity contribution in [1.29, 1.82) is 0 Å². The molecule has 2 unspecified atom stereocenters. The third-order valence-corrected chi connectivity index (χ3v) is 3.75. The van der Waals surface area contributed by atoms with Gasteiger partial charge < -0.3 is 14.8 Å². The lowest BCUT2D eigenvalue weighted by Crippen LogP contribution is -2.25. The molecule has 2 atom stereocenters. The number of aryl methyl sites for hydroxylation is 1. The average molecular weight is 267 g/mol. The van der Waals surface area contributed by atoms with Crippen molar-refractivity contribution < 1.29 is 9.47 Å². The molecule has 0 bridgehead atoms. The van der Waals surface area contributed by atoms with Crippen molar-refractivity contribution >= 4 is 0 Å². The lowest BCUT2D eigenvalue weighted by Gasteiger charge is -2.21. The molecule has 1 aromatic rings. The fourth-order valence-corrected chi connectivity index (χ4v) is 2.79. The third-order valence-electron chi connectivity index (χ3n) is 3.75. The van der Waals surface area contributed by atoms with Crippen LogP contribution in [-0.4, -0.2) is 36.1 Å². The van der Waals surface area contributed by atoms with Crippen molar-refractivity contribution in [3.63, 3.8) is 0 Å². The highest BCUT2D eigenvalue weighted by molar-refractivity contribution is 5.28. The molecule has 0 spiro atoms. The third kappa shape index (κ3) is 3.48. The maximum Gasteiger partial charge on any atom is 0.161 e. The summed E-state index contributed by atoms with van der Waals surface area (Å²) >= 11 is 0. The fourth-order valence-electron chi connectivity index (χ4n) is 2.79. The van der Waals surface area contributed by atoms with Gasteiger partial charge in [-0.05, 0) is 32.2 Å². The number of methoxy groups -OCH3 is 1. The van der Waals surface area contributed by atoms with Crippen molar-refractivity contribution in [1.82, 2.24) is 15.1 Å². The second-order valence-corrected chi connectivity index (χ2v) is 5.04. The second-order valence-electron chi connectivity index (χ2n) is 5.04. The van der Waals surface area contributed by atoms with E-state index in [0.717, 1.165) is 37.4 Å². The van der Waals surface area contributed by atoms with E-state index < -0.39 is 0 Å². The Labute approximate surface area is 115 Å². The zero-order valence-corrected chi connectivity index (χ0v) is 12.2. The van der Waals surface area contributed by atoms with Crippen LogP contribution >= 0.6 is 0 Å². The van der Waals surface area contributed by atoms with E-state index >= 15 is 0 Å². The van der Waals surface area contributed by atoms with E-state index in [2.05, 4.69) is 17.3 Å². The molecule has 1 aliphatic heterocycles. The first-order valence-corrected chi connectivity index (χ1v) is 7.17. The van der Waals surface area contributed by atoms with E-state index in [1.165, 1.54) is 12.8 Å². The monoisotopic (exact) mass is 267 g/mol. The van der Waals surface area contributed by atoms with E-state index in [0.29, 0.717) is 6.10 Å². The summed E-state index contributed by atoms with van der Waals surface area (Å²) in [6.45, 7) is 3.98. The van der Waals surface area contributed by atoms with Gasteiger partial charge in [-0.2, -0.15) is 5.10 Å². The highest BCUT2D eigenvalue weighted by Gasteiger charge is 2.23. The highest BCUT2D eigenvalue weighted by atomic mass is 16.5. The fraction of sp³-hybridized carbons (Fsp3) is 0.786. The Hall–Kier alpha value is -1.07. The van der Waals surface area contributed by atoms with Gasteiger partial charge in [0, 0.05) is 13.7 Å². The molecule has 2 heterocycles. The van der Waals surface area contributed by atoms with Crippen LogP contribution in [0.2, 0.25) is 0 Å². The predicted octanol–water partition coefficient (Wildman–Crippen LogP) is 2.04. The molecule has 108 valence electrons. The summed E-state index contributed by atoms with van der Waals surface area (Å²) in [5, 5.41) is 7.82. The minimum absolute atomic E-state index is 0.275. The molecular weight excluding hydrogens is 242 g/mol. The topological polar surface area (TPSA) is 48.3 Å². The van der Waals surface area contributed by atoms with Crippen LogP contribution < -0.4 is 10.1 Å². The molecule has 1 aromatic heterocycles. The van der Waals surface area contributed by atoms with Gasteiger partial charge in [0.05, 0.1) is 31.1 Å². The second kappa shape index (κ2) is 6.91. The van der Waals surface area contributed by atoms with Crippen molar-refractivity contribution in [3.8, 4) is 5.75 Å². The first kappa shape index (κ1) is 14.3. The van der Waals surface area contributed by atoms with E-state index in [1.54, 1.807) is 13.3 Å². The molecule has 0 aromatic carbocycles. The van der Waals surface area contributed by atoms with Gasteiger partial charge in [0.2, 0.25) is 0 Å². The molecule has 1 saturated heterocycles. The summed E-state index contributed by atoms with van der Waals surface area (Å²) in [7, 11) is 3.66. The Morgan fingerprint density at radius 2 is 2.47 bits per heavy atom. The van der Waals surface area contributed by atoms with Gasteiger partial charge in [-0.25, -0.2) is 0 Å². The Kier molecular flexibility index (Phi) is 5.22. The van der Waals surface area contributed by atoms with Gasteiger partial charge in [0.25, 0.3) is 0 Å². The van der Waals surface area contributed by atoms with Crippen LogP contribution in [0, 0.1) is 0 Å². The Morgan fingerprint density at radius 3 is 3.11 bits per heavy atom. The number of rotatable bonds is 7. The maximum absolute atomic E-state index is 5.70. The zero-order valence-electron chi connectivity index (χ0n) is 12.2. The minimum atomic E-state index is 0.275. The molecular formula is C14H25N3O2. The summed E-state index contributed by atoms with van der Waals surface area (Å²) in [6.07, 6.45) is 6.75. The SMILES string of the molecule is CCNC(CCC1CCCO1)c1c(OC)cnn1C. The van der Waals surface area contributed by atoms with Gasteiger partial charge >= 0.3 is 0 Å². The molecule has 0 aliphatic carbocycles. The van der Waals surface area contributed by atoms with Crippen LogP contribution in [0.3, 0.4) is 0 Å². The minimum Gasteiger partial charge on any atom is -0.493 e. The van der Waals surface area contributed by atoms with E-state index in [4.69, 9.17) is 9.47 Å². The Bertz CT molecular complexity index is 386. The molecule has 5 nitrogen and oxygen atoms in total. The summed E-state index contributed by atoms with van der Waals surface area (Å²) in [4.78, 5) is 0. The van der Waals surface area contributed by atoms with Crippen molar-refractivity contribution in [3.05, 3.63) is 11.9 Å². The average Bonchev–Trinajstić information content (AvgIpc) is 3.04. The Morgan fingerprint density at radius 1 is 1.63 bits per heavy atom. The number of hydrogen-bond donors (Lipinski definition) is 1. The first-order valence-electron chi connectivity index (χ1n) is 7.17. The van der Waals surface area contributed by atoms with Crippen LogP contribution in [0.4, 0.5) is 0 Å². The summed E-state index contributed by atoms with van der Waals surface area (Å²) in [6, 6.07) is 0.275. The van der Waals surface area contributed by atoms with E-state index in [9.17, 15) is 0 Å². The first-order chi connectivity index (χ1) is 9.26. The summed E-state index contributed by atoms with van der Waals surface area (Å²) in [5.74, 6) is 0.862. The molecule has 0 amide bonds. The summed E-state index contributed by atoms with van der Waals surface area (Å²) in [5.41, 5.74) is 1.13. The number of aromatic nitrogens is 2. The van der Waals surface area contributed by atoms with Crippen molar-refractivity contribution in [2.45, 2.75) is 44.8 Å². The normalized spacial score (nSPS) is 20.7. The highest BCUT2D eigenvalue weighted by Crippen LogP contribution is 2.29. The van der Waals surface area contributed by atoms with Crippen molar-refractivity contribution in [2.75, 3.05) is 20.3 Å². The van der Waals surface area contributed by atoms with Crippen LogP contribution in [0.1, 0.15) is 44.3 Å². The zero-order chi connectivity index (χ0) is 13.7. The number of hydrogen-bond acceptors (Lipinski definition) is 4. The van der Waals surface area contributed by atoms with Crippen LogP contribution in [0.5, 0.6) is 5.75 Å². The largest absolute Gasteiger partial charge is 0.493 e. The van der Waals surface area contributed by atoms with Gasteiger partial charge in [-0.15, -0.1) is 0 Å². The number of nitrogens with zero attached hydrogens (tertiary/aromatic N) is 2. The lowest BCUT2D eigenvalue weighted by atomic mass is 10.0. The summed E-state index contributed by atoms with van der Waals surface area (Å²) < 4.78 is 13.0. The molecule has 1 N–H and O–H groups in total. The molecule has 19 heavy (non-hydrogen) atoms. The standard InChI is InChI=1S/C14H25N3O2/c1-4-15-12(8-7-11-6-5-9-19-11)14-13(18-3)10-16-17(14)2/h10-12,15H,4-9H2,1-3H3. The molecule has 0 radical (unpaired) electrons. The quantitative estimate of drug-likeness (QED) is 0.821. The molecule has 1 aliphatic rings. The number of ether oxygens (including phenoxy) is 2. The Balaban J connectivity index is 2.03. The van der Waals surface area contributed by atoms with Crippen LogP contribution in [0.15, 0.2) is 6.20 Å². The molecule has 0 saturated carbocycles. The molecule has 1 fully saturated rings. The molecule has 2 rings (SSSR count). The smallest absolute Gasteiger partial charge is 0.161 e. The van der Waals surface area contributed by atoms with Crippen molar-refractivity contribution in [2.24, 2.45) is 7.05 Å². The van der Waals surface area contributed by atoms with Gasteiger partial charge in [-0.1, -0.05) is 6.92 Å². The van der Waals surface area contributed by atoms with Gasteiger partial charge in [0.1, 0.15) is 0 Å². The lowest BCUT2D eigenvalue weighted by molar-refractivity contribution is 0.0993. The van der Waals surface area contributed by atoms with E-state index in [1.807, 2.05) is 11.7 Å². The maximum atomic E-state index is 5.70. The molecule has 5 heteroatoms. The predicted molar refractivity (Wildman–Crippen MR) is 74.4 cm³/mol. The number of nitrogens with one attached hydrogen (secondary N) is 1. The van der Waals surface area contributed by atoms with Crippen LogP contribution in [0.25, 0.3) is 0 Å².